The van der Waals surface area contributed by atoms with Gasteiger partial charge >= 0.3 is 0 Å². The van der Waals surface area contributed by atoms with Gasteiger partial charge in [-0.3, -0.25) is 0 Å². The summed E-state index contributed by atoms with van der Waals surface area (Å²) in [4.78, 5) is 0. The van der Waals surface area contributed by atoms with Crippen LogP contribution in [0.1, 0.15) is 12.5 Å². The molecule has 1 rings (SSSR count). The van der Waals surface area contributed by atoms with Crippen LogP contribution in [0.2, 0.25) is 5.02 Å². The van der Waals surface area contributed by atoms with Crippen LogP contribution in [0.5, 0.6) is 5.75 Å². The molecule has 0 unspecified atom stereocenters. The highest BCUT2D eigenvalue weighted by molar-refractivity contribution is 6.32. The zero-order chi connectivity index (χ0) is 9.68. The molecule has 0 aliphatic rings. The fourth-order valence-corrected chi connectivity index (χ4v) is 1.40. The van der Waals surface area contributed by atoms with E-state index in [-0.39, 0.29) is 0 Å². The Bertz CT molecular complexity index is 276. The van der Waals surface area contributed by atoms with E-state index in [1.807, 2.05) is 25.1 Å². The number of halogens is 1. The van der Waals surface area contributed by atoms with Gasteiger partial charge in [-0.1, -0.05) is 17.7 Å². The van der Waals surface area contributed by atoms with E-state index >= 15 is 0 Å². The molecule has 0 atom stereocenters. The van der Waals surface area contributed by atoms with Crippen molar-refractivity contribution in [3.63, 3.8) is 0 Å². The van der Waals surface area contributed by atoms with Gasteiger partial charge in [0.15, 0.2) is 0 Å². The Hall–Kier alpha value is -0.730. The molecule has 1 aromatic rings. The summed E-state index contributed by atoms with van der Waals surface area (Å²) in [7, 11) is 0. The van der Waals surface area contributed by atoms with Crippen molar-refractivity contribution in [3.05, 3.63) is 28.8 Å². The molecule has 2 N–H and O–H groups in total. The number of rotatable bonds is 4. The molecule has 0 bridgehead atoms. The second-order valence-electron chi connectivity index (χ2n) is 2.74. The average molecular weight is 200 g/mol. The zero-order valence-corrected chi connectivity index (χ0v) is 8.47. The molecule has 2 nitrogen and oxygen atoms in total. The molecular weight excluding hydrogens is 186 g/mol. The molecule has 0 aliphatic heterocycles. The van der Waals surface area contributed by atoms with Crippen LogP contribution >= 0.6 is 11.6 Å². The summed E-state index contributed by atoms with van der Waals surface area (Å²) in [5.74, 6) is 0.741. The van der Waals surface area contributed by atoms with E-state index in [0.29, 0.717) is 18.2 Å². The maximum absolute atomic E-state index is 5.98. The largest absolute Gasteiger partial charge is 0.492 e. The van der Waals surface area contributed by atoms with Gasteiger partial charge in [-0.05, 0) is 37.6 Å². The van der Waals surface area contributed by atoms with Crippen molar-refractivity contribution in [3.8, 4) is 5.75 Å². The molecule has 13 heavy (non-hydrogen) atoms. The lowest BCUT2D eigenvalue weighted by Gasteiger charge is -2.06. The topological polar surface area (TPSA) is 35.2 Å². The van der Waals surface area contributed by atoms with Crippen LogP contribution in [-0.4, -0.2) is 13.2 Å². The molecule has 0 radical (unpaired) electrons. The van der Waals surface area contributed by atoms with E-state index in [4.69, 9.17) is 22.1 Å². The minimum absolute atomic E-state index is 0.635. The molecule has 0 aromatic heterocycles. The highest BCUT2D eigenvalue weighted by atomic mass is 35.5. The first-order valence-electron chi connectivity index (χ1n) is 4.39. The number of benzene rings is 1. The van der Waals surface area contributed by atoms with Crippen molar-refractivity contribution >= 4 is 11.6 Å². The van der Waals surface area contributed by atoms with Crippen LogP contribution in [0.4, 0.5) is 0 Å². The maximum Gasteiger partial charge on any atom is 0.137 e. The Kier molecular flexibility index (Phi) is 4.06. The van der Waals surface area contributed by atoms with Gasteiger partial charge in [0.05, 0.1) is 11.6 Å². The fraction of sp³-hybridized carbons (Fsp3) is 0.400. The number of hydrogen-bond donors (Lipinski definition) is 1. The number of nitrogens with two attached hydrogens (primary N) is 1. The van der Waals surface area contributed by atoms with Crippen LogP contribution in [0, 0.1) is 0 Å². The third kappa shape index (κ3) is 2.90. The van der Waals surface area contributed by atoms with Crippen LogP contribution < -0.4 is 10.5 Å². The lowest BCUT2D eigenvalue weighted by atomic mass is 10.1. The summed E-state index contributed by atoms with van der Waals surface area (Å²) in [6, 6.07) is 5.78. The molecule has 0 spiro atoms. The summed E-state index contributed by atoms with van der Waals surface area (Å²) in [6.07, 6.45) is 0.853. The highest BCUT2D eigenvalue weighted by Gasteiger charge is 2.01. The normalized spacial score (nSPS) is 10.1. The minimum Gasteiger partial charge on any atom is -0.492 e. The van der Waals surface area contributed by atoms with Crippen molar-refractivity contribution in [1.82, 2.24) is 0 Å². The van der Waals surface area contributed by atoms with E-state index < -0.39 is 0 Å². The first-order chi connectivity index (χ1) is 6.27. The van der Waals surface area contributed by atoms with Gasteiger partial charge in [0.2, 0.25) is 0 Å². The summed E-state index contributed by atoms with van der Waals surface area (Å²) >= 11 is 5.98. The van der Waals surface area contributed by atoms with Gasteiger partial charge in [0.1, 0.15) is 5.75 Å². The van der Waals surface area contributed by atoms with Gasteiger partial charge in [0.25, 0.3) is 0 Å². The van der Waals surface area contributed by atoms with E-state index in [1.165, 1.54) is 0 Å². The molecule has 0 fully saturated rings. The average Bonchev–Trinajstić information content (AvgIpc) is 2.10. The van der Waals surface area contributed by atoms with Crippen LogP contribution in [0.3, 0.4) is 0 Å². The smallest absolute Gasteiger partial charge is 0.137 e. The van der Waals surface area contributed by atoms with Crippen LogP contribution in [0.25, 0.3) is 0 Å². The quantitative estimate of drug-likeness (QED) is 0.808. The predicted octanol–water partition coefficient (Wildman–Crippen LogP) is 2.24. The molecule has 0 amide bonds. The fourth-order valence-electron chi connectivity index (χ4n) is 1.14. The monoisotopic (exact) mass is 199 g/mol. The zero-order valence-electron chi connectivity index (χ0n) is 7.72. The first-order valence-corrected chi connectivity index (χ1v) is 4.77. The molecule has 0 saturated heterocycles. The standard InChI is InChI=1S/C10H14ClNO/c1-2-13-10-4-3-8(5-6-12)7-9(10)11/h3-4,7H,2,5-6,12H2,1H3. The first kappa shape index (κ1) is 10.4. The minimum atomic E-state index is 0.635. The predicted molar refractivity (Wildman–Crippen MR) is 55.4 cm³/mol. The molecule has 72 valence electrons. The summed E-state index contributed by atoms with van der Waals surface area (Å²) in [6.45, 7) is 3.21. The van der Waals surface area contributed by atoms with E-state index in [1.54, 1.807) is 0 Å². The SMILES string of the molecule is CCOc1ccc(CCN)cc1Cl. The van der Waals surface area contributed by atoms with E-state index in [0.717, 1.165) is 17.7 Å². The molecule has 1 aromatic carbocycles. The molecular formula is C10H14ClNO. The molecule has 3 heteroatoms. The maximum atomic E-state index is 5.98. The molecule has 0 heterocycles. The van der Waals surface area contributed by atoms with E-state index in [9.17, 15) is 0 Å². The van der Waals surface area contributed by atoms with Crippen molar-refractivity contribution in [2.24, 2.45) is 5.73 Å². The Morgan fingerprint density at radius 3 is 2.77 bits per heavy atom. The van der Waals surface area contributed by atoms with Gasteiger partial charge < -0.3 is 10.5 Å². The number of hydrogen-bond acceptors (Lipinski definition) is 2. The van der Waals surface area contributed by atoms with Crippen LogP contribution in [0.15, 0.2) is 18.2 Å². The Morgan fingerprint density at radius 2 is 2.23 bits per heavy atom. The molecule has 0 saturated carbocycles. The summed E-state index contributed by atoms with van der Waals surface area (Å²) < 4.78 is 5.31. The second-order valence-corrected chi connectivity index (χ2v) is 3.14. The van der Waals surface area contributed by atoms with Gasteiger partial charge in [-0.15, -0.1) is 0 Å². The van der Waals surface area contributed by atoms with Gasteiger partial charge in [-0.2, -0.15) is 0 Å². The summed E-state index contributed by atoms with van der Waals surface area (Å²) in [5, 5.41) is 0.660. The second kappa shape index (κ2) is 5.10. The third-order valence-electron chi connectivity index (χ3n) is 1.73. The highest BCUT2D eigenvalue weighted by Crippen LogP contribution is 2.25. The Morgan fingerprint density at radius 1 is 1.46 bits per heavy atom. The van der Waals surface area contributed by atoms with Gasteiger partial charge in [0, 0.05) is 0 Å². The Labute approximate surface area is 83.6 Å². The van der Waals surface area contributed by atoms with Crippen molar-refractivity contribution in [1.29, 1.82) is 0 Å². The van der Waals surface area contributed by atoms with Gasteiger partial charge in [-0.25, -0.2) is 0 Å². The van der Waals surface area contributed by atoms with Crippen molar-refractivity contribution in [2.75, 3.05) is 13.2 Å². The van der Waals surface area contributed by atoms with Crippen molar-refractivity contribution in [2.45, 2.75) is 13.3 Å². The lowest BCUT2D eigenvalue weighted by Crippen LogP contribution is -2.02. The number of ether oxygens (including phenoxy) is 1. The third-order valence-corrected chi connectivity index (χ3v) is 2.02. The van der Waals surface area contributed by atoms with E-state index in [2.05, 4.69) is 0 Å². The lowest BCUT2D eigenvalue weighted by molar-refractivity contribution is 0.340. The molecule has 0 aliphatic carbocycles. The Balaban J connectivity index is 2.79. The summed E-state index contributed by atoms with van der Waals surface area (Å²) in [5.41, 5.74) is 6.58. The van der Waals surface area contributed by atoms with Crippen LogP contribution in [-0.2, 0) is 6.42 Å². The van der Waals surface area contributed by atoms with Crippen molar-refractivity contribution < 1.29 is 4.74 Å².